The van der Waals surface area contributed by atoms with E-state index in [1.165, 1.54) is 12.1 Å². The minimum atomic E-state index is -4.57. The molecule has 18 heavy (non-hydrogen) atoms. The molecule has 0 aliphatic carbocycles. The van der Waals surface area contributed by atoms with Gasteiger partial charge in [-0.15, -0.1) is 0 Å². The molecule has 0 atom stereocenters. The van der Waals surface area contributed by atoms with E-state index in [1.807, 2.05) is 0 Å². The molecule has 0 spiro atoms. The van der Waals surface area contributed by atoms with Crippen LogP contribution in [0.25, 0.3) is 0 Å². The molecule has 0 saturated heterocycles. The van der Waals surface area contributed by atoms with Crippen LogP contribution < -0.4 is 4.74 Å². The summed E-state index contributed by atoms with van der Waals surface area (Å²) < 4.78 is 46.9. The molecule has 0 fully saturated rings. The summed E-state index contributed by atoms with van der Waals surface area (Å²) in [6.07, 6.45) is -5.71. The van der Waals surface area contributed by atoms with Crippen molar-refractivity contribution in [2.45, 2.75) is 20.0 Å². The zero-order chi connectivity index (χ0) is 13.8. The van der Waals surface area contributed by atoms with Crippen molar-refractivity contribution in [1.82, 2.24) is 0 Å². The van der Waals surface area contributed by atoms with Gasteiger partial charge in [0.05, 0.1) is 12.2 Å². The van der Waals surface area contributed by atoms with Crippen LogP contribution in [0.15, 0.2) is 24.3 Å². The number of halogens is 3. The fraction of sp³-hybridized carbons (Fsp3) is 0.417. The van der Waals surface area contributed by atoms with Crippen molar-refractivity contribution in [2.24, 2.45) is 5.92 Å². The summed E-state index contributed by atoms with van der Waals surface area (Å²) in [6, 6.07) is 4.47. The number of rotatable bonds is 3. The maximum Gasteiger partial charge on any atom is 0.513 e. The second kappa shape index (κ2) is 5.75. The van der Waals surface area contributed by atoms with Crippen LogP contribution in [0.3, 0.4) is 0 Å². The number of carbonyl (C=O) groups is 1. The molecule has 0 aliphatic rings. The average Bonchev–Trinajstić information content (AvgIpc) is 2.25. The fourth-order valence-electron chi connectivity index (χ4n) is 1.14. The molecule has 0 amide bonds. The first-order chi connectivity index (χ1) is 8.30. The number of ether oxygens (including phenoxy) is 2. The molecule has 0 heterocycles. The van der Waals surface area contributed by atoms with Crippen LogP contribution in [0.2, 0.25) is 0 Å². The first-order valence-electron chi connectivity index (χ1n) is 5.31. The number of para-hydroxylation sites is 1. The summed E-state index contributed by atoms with van der Waals surface area (Å²) in [7, 11) is 0. The Morgan fingerprint density at radius 1 is 1.28 bits per heavy atom. The van der Waals surface area contributed by atoms with E-state index in [1.54, 1.807) is 13.8 Å². The molecular weight excluding hydrogens is 249 g/mol. The maximum absolute atomic E-state index is 12.6. The standard InChI is InChI=1S/C12H13F3O3/c1-8(2)7-17-11(16)18-10-6-4-3-5-9(10)12(13,14)15/h3-6,8H,7H2,1-2H3. The molecule has 0 aromatic heterocycles. The van der Waals surface area contributed by atoms with Gasteiger partial charge in [-0.3, -0.25) is 0 Å². The summed E-state index contributed by atoms with van der Waals surface area (Å²) >= 11 is 0. The summed E-state index contributed by atoms with van der Waals surface area (Å²) in [6.45, 7) is 3.70. The van der Waals surface area contributed by atoms with Crippen LogP contribution in [-0.4, -0.2) is 12.8 Å². The highest BCUT2D eigenvalue weighted by molar-refractivity contribution is 5.64. The van der Waals surface area contributed by atoms with Crippen LogP contribution in [-0.2, 0) is 10.9 Å². The Morgan fingerprint density at radius 3 is 2.44 bits per heavy atom. The van der Waals surface area contributed by atoms with Crippen LogP contribution >= 0.6 is 0 Å². The summed E-state index contributed by atoms with van der Waals surface area (Å²) in [4.78, 5) is 11.2. The molecule has 0 aliphatic heterocycles. The minimum Gasteiger partial charge on any atom is -0.434 e. The Hall–Kier alpha value is -1.72. The molecule has 0 N–H and O–H groups in total. The van der Waals surface area contributed by atoms with Gasteiger partial charge in [-0.25, -0.2) is 4.79 Å². The number of benzene rings is 1. The second-order valence-corrected chi connectivity index (χ2v) is 4.05. The Labute approximate surface area is 103 Å². The lowest BCUT2D eigenvalue weighted by Gasteiger charge is -2.12. The van der Waals surface area contributed by atoms with E-state index in [9.17, 15) is 18.0 Å². The molecule has 0 saturated carbocycles. The molecule has 1 aromatic rings. The average molecular weight is 262 g/mol. The van der Waals surface area contributed by atoms with Crippen molar-refractivity contribution in [2.75, 3.05) is 6.61 Å². The highest BCUT2D eigenvalue weighted by Gasteiger charge is 2.34. The lowest BCUT2D eigenvalue weighted by Crippen LogP contribution is -2.16. The van der Waals surface area contributed by atoms with Crippen molar-refractivity contribution in [1.29, 1.82) is 0 Å². The summed E-state index contributed by atoms with van der Waals surface area (Å²) in [5.74, 6) is -0.478. The topological polar surface area (TPSA) is 35.5 Å². The molecule has 100 valence electrons. The van der Waals surface area contributed by atoms with Gasteiger partial charge in [-0.1, -0.05) is 26.0 Å². The Morgan fingerprint density at radius 2 is 1.89 bits per heavy atom. The molecule has 0 bridgehead atoms. The van der Waals surface area contributed by atoms with Crippen LogP contribution in [0.1, 0.15) is 19.4 Å². The highest BCUT2D eigenvalue weighted by atomic mass is 19.4. The quantitative estimate of drug-likeness (QED) is 0.612. The monoisotopic (exact) mass is 262 g/mol. The number of carbonyl (C=O) groups excluding carboxylic acids is 1. The van der Waals surface area contributed by atoms with E-state index in [4.69, 9.17) is 0 Å². The van der Waals surface area contributed by atoms with Crippen molar-refractivity contribution in [3.8, 4) is 5.75 Å². The van der Waals surface area contributed by atoms with Gasteiger partial charge < -0.3 is 9.47 Å². The van der Waals surface area contributed by atoms with Crippen molar-refractivity contribution in [3.05, 3.63) is 29.8 Å². The van der Waals surface area contributed by atoms with E-state index in [-0.39, 0.29) is 12.5 Å². The van der Waals surface area contributed by atoms with Gasteiger partial charge >= 0.3 is 12.3 Å². The van der Waals surface area contributed by atoms with Crippen LogP contribution in [0, 0.1) is 5.92 Å². The molecule has 0 radical (unpaired) electrons. The van der Waals surface area contributed by atoms with Gasteiger partial charge in [0.25, 0.3) is 0 Å². The van der Waals surface area contributed by atoms with Crippen molar-refractivity contribution >= 4 is 6.16 Å². The number of hydrogen-bond donors (Lipinski definition) is 0. The predicted molar refractivity (Wildman–Crippen MR) is 58.3 cm³/mol. The molecule has 3 nitrogen and oxygen atoms in total. The van der Waals surface area contributed by atoms with E-state index >= 15 is 0 Å². The van der Waals surface area contributed by atoms with Gasteiger partial charge in [0.2, 0.25) is 0 Å². The molecule has 1 aromatic carbocycles. The van der Waals surface area contributed by atoms with E-state index in [2.05, 4.69) is 9.47 Å². The molecule has 1 rings (SSSR count). The van der Waals surface area contributed by atoms with Gasteiger partial charge in [0, 0.05) is 0 Å². The van der Waals surface area contributed by atoms with Gasteiger partial charge in [-0.2, -0.15) is 13.2 Å². The Balaban J connectivity index is 2.76. The zero-order valence-electron chi connectivity index (χ0n) is 9.95. The van der Waals surface area contributed by atoms with Gasteiger partial charge in [0.15, 0.2) is 0 Å². The zero-order valence-corrected chi connectivity index (χ0v) is 9.95. The van der Waals surface area contributed by atoms with Crippen molar-refractivity contribution in [3.63, 3.8) is 0 Å². The largest absolute Gasteiger partial charge is 0.513 e. The summed E-state index contributed by atoms with van der Waals surface area (Å²) in [5.41, 5.74) is -1.01. The van der Waals surface area contributed by atoms with E-state index < -0.39 is 23.6 Å². The minimum absolute atomic E-state index is 0.0791. The predicted octanol–water partition coefficient (Wildman–Crippen LogP) is 3.88. The molecule has 6 heteroatoms. The summed E-state index contributed by atoms with van der Waals surface area (Å²) in [5, 5.41) is 0. The lowest BCUT2D eigenvalue weighted by molar-refractivity contribution is -0.138. The lowest BCUT2D eigenvalue weighted by atomic mass is 10.2. The Kier molecular flexibility index (Phi) is 4.58. The first kappa shape index (κ1) is 14.3. The molecular formula is C12H13F3O3. The van der Waals surface area contributed by atoms with Gasteiger partial charge in [-0.05, 0) is 18.1 Å². The highest BCUT2D eigenvalue weighted by Crippen LogP contribution is 2.35. The second-order valence-electron chi connectivity index (χ2n) is 4.05. The first-order valence-corrected chi connectivity index (χ1v) is 5.31. The smallest absolute Gasteiger partial charge is 0.434 e. The fourth-order valence-corrected chi connectivity index (χ4v) is 1.14. The van der Waals surface area contributed by atoms with Crippen molar-refractivity contribution < 1.29 is 27.4 Å². The molecule has 0 unspecified atom stereocenters. The van der Waals surface area contributed by atoms with Crippen LogP contribution in [0.4, 0.5) is 18.0 Å². The van der Waals surface area contributed by atoms with E-state index in [0.29, 0.717) is 0 Å². The Bertz CT molecular complexity index is 413. The third-order valence-corrected chi connectivity index (χ3v) is 1.92. The SMILES string of the molecule is CC(C)COC(=O)Oc1ccccc1C(F)(F)F. The number of hydrogen-bond acceptors (Lipinski definition) is 3. The normalized spacial score (nSPS) is 11.4. The third-order valence-electron chi connectivity index (χ3n) is 1.92. The third kappa shape index (κ3) is 4.27. The number of alkyl halides is 3. The van der Waals surface area contributed by atoms with Crippen LogP contribution in [0.5, 0.6) is 5.75 Å². The van der Waals surface area contributed by atoms with Gasteiger partial charge in [0.1, 0.15) is 5.75 Å². The van der Waals surface area contributed by atoms with E-state index in [0.717, 1.165) is 12.1 Å². The maximum atomic E-state index is 12.6.